The van der Waals surface area contributed by atoms with Crippen molar-refractivity contribution in [1.82, 2.24) is 35.8 Å². The number of ether oxygens (including phenoxy) is 1. The Bertz CT molecular complexity index is 1750. The number of carbonyl (C=O) groups is 7. The van der Waals surface area contributed by atoms with Gasteiger partial charge in [0.1, 0.15) is 48.6 Å². The van der Waals surface area contributed by atoms with Crippen molar-refractivity contribution in [3.05, 3.63) is 47.7 Å². The molecule has 7 amide bonds. The summed E-state index contributed by atoms with van der Waals surface area (Å²) in [6, 6.07) is 3.33. The Hall–Kier alpha value is -5.48. The molecule has 17 nitrogen and oxygen atoms in total. The smallest absolute Gasteiger partial charge is 0.328 e. The van der Waals surface area contributed by atoms with Crippen molar-refractivity contribution >= 4 is 47.4 Å². The van der Waals surface area contributed by atoms with E-state index >= 15 is 0 Å². The van der Waals surface area contributed by atoms with Crippen molar-refractivity contribution in [1.29, 1.82) is 0 Å². The van der Waals surface area contributed by atoms with E-state index in [4.69, 9.17) is 9.26 Å². The maximum Gasteiger partial charge on any atom is 0.328 e. The second kappa shape index (κ2) is 16.7. The summed E-state index contributed by atoms with van der Waals surface area (Å²) in [7, 11) is 0. The van der Waals surface area contributed by atoms with Crippen LogP contribution in [0.3, 0.4) is 0 Å². The first kappa shape index (κ1) is 38.3. The third kappa shape index (κ3) is 8.66. The number of cyclic esters (lactones) is 1. The predicted molar refractivity (Wildman–Crippen MR) is 191 cm³/mol. The lowest BCUT2D eigenvalue weighted by molar-refractivity contribution is -0.158. The van der Waals surface area contributed by atoms with Gasteiger partial charge in [0.15, 0.2) is 5.82 Å². The minimum atomic E-state index is -1.45. The Morgan fingerprint density at radius 1 is 0.907 bits per heavy atom. The highest BCUT2D eigenvalue weighted by Gasteiger charge is 2.46. The summed E-state index contributed by atoms with van der Waals surface area (Å²) in [6.45, 7) is 5.28. The van der Waals surface area contributed by atoms with Gasteiger partial charge in [0.25, 0.3) is 0 Å². The first-order valence-corrected chi connectivity index (χ1v) is 18.6. The van der Waals surface area contributed by atoms with Gasteiger partial charge in [0.2, 0.25) is 29.5 Å². The van der Waals surface area contributed by atoms with Crippen LogP contribution in [0.1, 0.15) is 63.7 Å². The minimum Gasteiger partial charge on any atom is -0.461 e. The number of carbonyl (C=O) groups excluding carboxylic acids is 7. The summed E-state index contributed by atoms with van der Waals surface area (Å²) in [6.07, 6.45) is 2.94. The van der Waals surface area contributed by atoms with Gasteiger partial charge in [-0.3, -0.25) is 29.3 Å². The van der Waals surface area contributed by atoms with Crippen LogP contribution in [0.2, 0.25) is 0 Å². The molecule has 0 bridgehead atoms. The SMILES string of the molecule is Cc1cc(NC(=O)N[C@@H](Cc2ccccc2)C(=O)N[C@H]2COC(=O)[C@@H]3C[C@@H](C)CN3C(=O)[C@H](C)NC(=O)[C@@H]3CCCCN3C(=O)[C@@H]3CCCN3C2=O)no1. The molecule has 6 rings (SSSR count). The molecule has 54 heavy (non-hydrogen) atoms. The van der Waals surface area contributed by atoms with Crippen LogP contribution >= 0.6 is 0 Å². The first-order valence-electron chi connectivity index (χ1n) is 18.6. The fourth-order valence-electron chi connectivity index (χ4n) is 7.78. The van der Waals surface area contributed by atoms with Crippen molar-refractivity contribution in [3.8, 4) is 0 Å². The Labute approximate surface area is 312 Å². The highest BCUT2D eigenvalue weighted by atomic mass is 16.5. The van der Waals surface area contributed by atoms with E-state index in [-0.39, 0.29) is 31.2 Å². The number of hydrogen-bond acceptors (Lipinski definition) is 10. The van der Waals surface area contributed by atoms with Gasteiger partial charge in [-0.2, -0.15) is 0 Å². The maximum absolute atomic E-state index is 14.4. The highest BCUT2D eigenvalue weighted by Crippen LogP contribution is 2.28. The van der Waals surface area contributed by atoms with Crippen LogP contribution in [0, 0.1) is 12.8 Å². The summed E-state index contributed by atoms with van der Waals surface area (Å²) in [4.78, 5) is 101. The average Bonchev–Trinajstić information content (AvgIpc) is 3.91. The minimum absolute atomic E-state index is 0.0388. The Balaban J connectivity index is 1.29. The number of urea groups is 1. The van der Waals surface area contributed by atoms with Crippen LogP contribution in [0.4, 0.5) is 10.6 Å². The molecule has 290 valence electrons. The molecule has 4 N–H and O–H groups in total. The topological polar surface area (TPSA) is 213 Å². The van der Waals surface area contributed by atoms with E-state index in [1.165, 1.54) is 20.8 Å². The molecule has 17 heteroatoms. The zero-order valence-corrected chi connectivity index (χ0v) is 30.7. The van der Waals surface area contributed by atoms with Gasteiger partial charge in [0.05, 0.1) is 0 Å². The molecule has 0 spiro atoms. The summed E-state index contributed by atoms with van der Waals surface area (Å²) in [5, 5.41) is 14.4. The van der Waals surface area contributed by atoms with Crippen LogP contribution in [-0.4, -0.2) is 124 Å². The first-order chi connectivity index (χ1) is 25.9. The van der Waals surface area contributed by atoms with Gasteiger partial charge in [-0.25, -0.2) is 9.59 Å². The van der Waals surface area contributed by atoms with E-state index in [1.54, 1.807) is 38.1 Å². The van der Waals surface area contributed by atoms with E-state index in [1.807, 2.05) is 13.0 Å². The number of esters is 1. The Morgan fingerprint density at radius 3 is 2.37 bits per heavy atom. The molecular formula is C37H48N8O9. The number of aryl methyl sites for hydroxylation is 1. The van der Waals surface area contributed by atoms with Crippen LogP contribution in [0.15, 0.2) is 40.9 Å². The number of rotatable bonds is 6. The van der Waals surface area contributed by atoms with Crippen molar-refractivity contribution < 1.29 is 42.8 Å². The number of nitrogens with zero attached hydrogens (tertiary/aromatic N) is 4. The van der Waals surface area contributed by atoms with Gasteiger partial charge in [-0.15, -0.1) is 0 Å². The molecule has 4 saturated heterocycles. The maximum atomic E-state index is 14.4. The molecule has 0 radical (unpaired) electrons. The lowest BCUT2D eigenvalue weighted by Crippen LogP contribution is -2.62. The number of amides is 7. The van der Waals surface area contributed by atoms with Gasteiger partial charge >= 0.3 is 12.0 Å². The van der Waals surface area contributed by atoms with Crippen molar-refractivity contribution in [2.24, 2.45) is 5.92 Å². The monoisotopic (exact) mass is 748 g/mol. The normalized spacial score (nSPS) is 27.3. The van der Waals surface area contributed by atoms with Crippen LogP contribution in [0.5, 0.6) is 0 Å². The van der Waals surface area contributed by atoms with Crippen LogP contribution in [-0.2, 0) is 39.9 Å². The lowest BCUT2D eigenvalue weighted by Gasteiger charge is -2.39. The summed E-state index contributed by atoms with van der Waals surface area (Å²) >= 11 is 0. The molecule has 4 aliphatic heterocycles. The number of hydrogen-bond donors (Lipinski definition) is 4. The van der Waals surface area contributed by atoms with E-state index in [0.29, 0.717) is 56.4 Å². The van der Waals surface area contributed by atoms with E-state index in [0.717, 1.165) is 0 Å². The van der Waals surface area contributed by atoms with Crippen molar-refractivity contribution in [3.63, 3.8) is 0 Å². The van der Waals surface area contributed by atoms with Crippen molar-refractivity contribution in [2.75, 3.05) is 31.6 Å². The molecule has 1 aromatic heterocycles. The lowest BCUT2D eigenvalue weighted by atomic mass is 9.99. The number of benzene rings is 1. The van der Waals surface area contributed by atoms with E-state index in [2.05, 4.69) is 26.4 Å². The number of fused-ring (bicyclic) bond motifs is 3. The molecule has 4 aliphatic rings. The molecule has 1 aromatic carbocycles. The summed E-state index contributed by atoms with van der Waals surface area (Å²) in [5.74, 6) is -2.96. The molecule has 0 saturated carbocycles. The Morgan fingerprint density at radius 2 is 1.63 bits per heavy atom. The number of nitrogens with one attached hydrogen (secondary N) is 4. The van der Waals surface area contributed by atoms with E-state index < -0.39 is 84.4 Å². The summed E-state index contributed by atoms with van der Waals surface area (Å²) in [5.41, 5.74) is 0.714. The summed E-state index contributed by atoms with van der Waals surface area (Å²) < 4.78 is 10.7. The van der Waals surface area contributed by atoms with E-state index in [9.17, 15) is 33.6 Å². The fraction of sp³-hybridized carbons (Fsp3) is 0.568. The molecule has 2 aromatic rings. The molecule has 4 fully saturated rings. The predicted octanol–water partition coefficient (Wildman–Crippen LogP) is 0.871. The van der Waals surface area contributed by atoms with Gasteiger partial charge in [-0.05, 0) is 63.9 Å². The quantitative estimate of drug-likeness (QED) is 0.306. The second-order valence-corrected chi connectivity index (χ2v) is 14.7. The standard InChI is InChI=1S/C37H48N8O9/c1-21-16-29-36(51)53-20-26(39-31(46)25(18-24-10-5-4-6-11-24)40-37(52)41-30-17-22(2)54-42-30)34(49)44-15-9-13-28(44)35(50)43-14-8-7-12-27(43)32(47)38-23(3)33(48)45(29)19-21/h4-6,10-11,17,21,23,25-29H,7-9,12-16,18-20H2,1-3H3,(H,38,47)(H,39,46)(H2,40,41,42,52)/t21-,23+,25+,26+,27+,28+,29+/m1/s1. The number of anilines is 1. The number of piperidine rings is 1. The fourth-order valence-corrected chi connectivity index (χ4v) is 7.78. The second-order valence-electron chi connectivity index (χ2n) is 14.7. The van der Waals surface area contributed by atoms with Gasteiger partial charge in [-0.1, -0.05) is 42.4 Å². The highest BCUT2D eigenvalue weighted by molar-refractivity contribution is 5.98. The number of aromatic nitrogens is 1. The molecule has 7 atom stereocenters. The third-order valence-corrected chi connectivity index (χ3v) is 10.5. The van der Waals surface area contributed by atoms with Crippen LogP contribution < -0.4 is 21.3 Å². The zero-order chi connectivity index (χ0) is 38.5. The Kier molecular flexibility index (Phi) is 11.8. The molecule has 0 aliphatic carbocycles. The van der Waals surface area contributed by atoms with Crippen molar-refractivity contribution in [2.45, 2.75) is 102 Å². The van der Waals surface area contributed by atoms with Gasteiger partial charge < -0.3 is 39.9 Å². The van der Waals surface area contributed by atoms with Crippen LogP contribution in [0.25, 0.3) is 0 Å². The van der Waals surface area contributed by atoms with Gasteiger partial charge in [0, 0.05) is 32.1 Å². The molecule has 5 heterocycles. The molecular weight excluding hydrogens is 700 g/mol. The average molecular weight is 749 g/mol. The third-order valence-electron chi connectivity index (χ3n) is 10.5. The zero-order valence-electron chi connectivity index (χ0n) is 30.7. The largest absolute Gasteiger partial charge is 0.461 e. The molecule has 0 unspecified atom stereocenters.